The van der Waals surface area contributed by atoms with E-state index in [0.29, 0.717) is 13.2 Å². The van der Waals surface area contributed by atoms with E-state index in [2.05, 4.69) is 0 Å². The third-order valence-electron chi connectivity index (χ3n) is 1.17. The van der Waals surface area contributed by atoms with Gasteiger partial charge in [0, 0.05) is 5.92 Å². The van der Waals surface area contributed by atoms with Crippen LogP contribution in [-0.4, -0.2) is 24.3 Å². The number of hydrogen-bond donors (Lipinski definition) is 1. The summed E-state index contributed by atoms with van der Waals surface area (Å²) < 4.78 is 4.77. The molecular formula is C5H9LiO3. The summed E-state index contributed by atoms with van der Waals surface area (Å²) in [7, 11) is 0. The van der Waals surface area contributed by atoms with Crippen molar-refractivity contribution in [2.24, 2.45) is 5.92 Å². The summed E-state index contributed by atoms with van der Waals surface area (Å²) in [5.74, 6) is -0.439. The number of carboxylic acids is 1. The predicted molar refractivity (Wildman–Crippen MR) is 27.7 cm³/mol. The first-order valence-corrected chi connectivity index (χ1v) is 2.58. The zero-order valence-corrected chi connectivity index (χ0v) is 5.46. The molecule has 0 bridgehead atoms. The minimum atomic E-state index is -0.724. The van der Waals surface area contributed by atoms with Crippen molar-refractivity contribution in [3.8, 4) is 0 Å². The SMILES string of the molecule is O=C(O)CC1COC1.[H-].[Li+]. The van der Waals surface area contributed by atoms with E-state index in [4.69, 9.17) is 9.84 Å². The topological polar surface area (TPSA) is 46.5 Å². The molecule has 0 aliphatic carbocycles. The van der Waals surface area contributed by atoms with Crippen molar-refractivity contribution in [2.75, 3.05) is 13.2 Å². The van der Waals surface area contributed by atoms with E-state index >= 15 is 0 Å². The molecule has 0 aromatic carbocycles. The maximum absolute atomic E-state index is 9.95. The fourth-order valence-electron chi connectivity index (χ4n) is 0.649. The Balaban J connectivity index is 0. The van der Waals surface area contributed by atoms with Crippen LogP contribution in [0.1, 0.15) is 7.85 Å². The monoisotopic (exact) mass is 124 g/mol. The van der Waals surface area contributed by atoms with Gasteiger partial charge in [-0.1, -0.05) is 0 Å². The third kappa shape index (κ3) is 2.90. The molecule has 9 heavy (non-hydrogen) atoms. The quantitative estimate of drug-likeness (QED) is 0.405. The second-order valence-electron chi connectivity index (χ2n) is 2.00. The molecule has 0 aromatic heterocycles. The van der Waals surface area contributed by atoms with Crippen molar-refractivity contribution in [1.82, 2.24) is 0 Å². The Morgan fingerprint density at radius 3 is 2.44 bits per heavy atom. The van der Waals surface area contributed by atoms with Crippen LogP contribution in [-0.2, 0) is 9.53 Å². The maximum Gasteiger partial charge on any atom is 1.00 e. The molecular weight excluding hydrogens is 115 g/mol. The number of aliphatic carboxylic acids is 1. The van der Waals surface area contributed by atoms with E-state index in [1.165, 1.54) is 0 Å². The fraction of sp³-hybridized carbons (Fsp3) is 0.800. The Morgan fingerprint density at radius 1 is 1.78 bits per heavy atom. The molecule has 0 spiro atoms. The first kappa shape index (κ1) is 9.03. The van der Waals surface area contributed by atoms with E-state index in [1.807, 2.05) is 0 Å². The summed E-state index contributed by atoms with van der Waals surface area (Å²) in [6.45, 7) is 1.26. The van der Waals surface area contributed by atoms with E-state index in [-0.39, 0.29) is 32.6 Å². The Morgan fingerprint density at radius 2 is 2.33 bits per heavy atom. The van der Waals surface area contributed by atoms with E-state index in [1.54, 1.807) is 0 Å². The predicted octanol–water partition coefficient (Wildman–Crippen LogP) is -2.78. The minimum absolute atomic E-state index is 0. The smallest absolute Gasteiger partial charge is 1.00 e. The molecule has 48 valence electrons. The molecule has 0 unspecified atom stereocenters. The van der Waals surface area contributed by atoms with Crippen LogP contribution >= 0.6 is 0 Å². The molecule has 1 aliphatic heterocycles. The van der Waals surface area contributed by atoms with E-state index in [9.17, 15) is 4.79 Å². The van der Waals surface area contributed by atoms with Gasteiger partial charge in [0.05, 0.1) is 19.6 Å². The van der Waals surface area contributed by atoms with Crippen molar-refractivity contribution in [1.29, 1.82) is 0 Å². The van der Waals surface area contributed by atoms with Gasteiger partial charge in [-0.05, 0) is 0 Å². The maximum atomic E-state index is 9.95. The average Bonchev–Trinajstić information content (AvgIpc) is 1.55. The number of carboxylic acid groups (broad SMARTS) is 1. The van der Waals surface area contributed by atoms with Crippen molar-refractivity contribution in [2.45, 2.75) is 6.42 Å². The number of carbonyl (C=O) groups is 1. The normalized spacial score (nSPS) is 17.8. The summed E-state index contributed by atoms with van der Waals surface area (Å²) in [6.07, 6.45) is 0.264. The van der Waals surface area contributed by atoms with Crippen LogP contribution in [0.15, 0.2) is 0 Å². The zero-order valence-electron chi connectivity index (χ0n) is 6.46. The molecule has 4 heteroatoms. The Kier molecular flexibility index (Phi) is 3.95. The Bertz CT molecular complexity index is 105. The van der Waals surface area contributed by atoms with Gasteiger partial charge in [-0.15, -0.1) is 0 Å². The van der Waals surface area contributed by atoms with Gasteiger partial charge >= 0.3 is 24.8 Å². The van der Waals surface area contributed by atoms with Crippen molar-refractivity contribution in [3.05, 3.63) is 0 Å². The molecule has 0 aromatic rings. The summed E-state index contributed by atoms with van der Waals surface area (Å²) in [5.41, 5.74) is 0. The van der Waals surface area contributed by atoms with Gasteiger partial charge in [-0.3, -0.25) is 4.79 Å². The first-order chi connectivity index (χ1) is 3.79. The Hall–Kier alpha value is 0.0274. The second-order valence-corrected chi connectivity index (χ2v) is 2.00. The molecule has 1 heterocycles. The molecule has 1 saturated heterocycles. The van der Waals surface area contributed by atoms with Crippen molar-refractivity contribution < 1.29 is 34.9 Å². The van der Waals surface area contributed by atoms with E-state index < -0.39 is 5.97 Å². The molecule has 3 nitrogen and oxygen atoms in total. The van der Waals surface area contributed by atoms with Gasteiger partial charge in [0.2, 0.25) is 0 Å². The van der Waals surface area contributed by atoms with Gasteiger partial charge in [-0.2, -0.15) is 0 Å². The van der Waals surface area contributed by atoms with Crippen LogP contribution in [0.25, 0.3) is 0 Å². The molecule has 1 fully saturated rings. The largest absolute Gasteiger partial charge is 1.00 e. The van der Waals surface area contributed by atoms with E-state index in [0.717, 1.165) is 0 Å². The molecule has 0 atom stereocenters. The number of ether oxygens (including phenoxy) is 1. The molecule has 1 N–H and O–H groups in total. The van der Waals surface area contributed by atoms with Crippen LogP contribution in [0.4, 0.5) is 0 Å². The van der Waals surface area contributed by atoms with Crippen molar-refractivity contribution >= 4 is 5.97 Å². The van der Waals surface area contributed by atoms with Gasteiger partial charge in [0.25, 0.3) is 0 Å². The standard InChI is InChI=1S/C5H8O3.Li.H/c6-5(7)1-4-2-8-3-4;;/h4H,1-3H2,(H,6,7);;/q;+1;-1. The third-order valence-corrected chi connectivity index (χ3v) is 1.17. The molecule has 0 radical (unpaired) electrons. The molecule has 1 aliphatic rings. The molecule has 0 amide bonds. The van der Waals surface area contributed by atoms with Crippen LogP contribution in [0.2, 0.25) is 0 Å². The fourth-order valence-corrected chi connectivity index (χ4v) is 0.649. The number of rotatable bonds is 2. The second kappa shape index (κ2) is 3.94. The molecule has 1 rings (SSSR count). The summed E-state index contributed by atoms with van der Waals surface area (Å²) in [6, 6.07) is 0. The first-order valence-electron chi connectivity index (χ1n) is 2.58. The molecule has 0 saturated carbocycles. The summed E-state index contributed by atoms with van der Waals surface area (Å²) >= 11 is 0. The van der Waals surface area contributed by atoms with Crippen LogP contribution < -0.4 is 18.9 Å². The minimum Gasteiger partial charge on any atom is -1.00 e. The Labute approximate surface area is 67.0 Å². The van der Waals surface area contributed by atoms with Gasteiger partial charge in [-0.25, -0.2) is 0 Å². The van der Waals surface area contributed by atoms with Crippen molar-refractivity contribution in [3.63, 3.8) is 0 Å². The van der Waals surface area contributed by atoms with Crippen LogP contribution in [0.3, 0.4) is 0 Å². The average molecular weight is 124 g/mol. The van der Waals surface area contributed by atoms with Crippen LogP contribution in [0.5, 0.6) is 0 Å². The number of hydrogen-bond acceptors (Lipinski definition) is 2. The van der Waals surface area contributed by atoms with Crippen LogP contribution in [0, 0.1) is 5.92 Å². The van der Waals surface area contributed by atoms with Gasteiger partial charge in [0.15, 0.2) is 0 Å². The van der Waals surface area contributed by atoms with Gasteiger partial charge in [0.1, 0.15) is 0 Å². The summed E-state index contributed by atoms with van der Waals surface area (Å²) in [4.78, 5) is 9.95. The van der Waals surface area contributed by atoms with Gasteiger partial charge < -0.3 is 11.3 Å². The zero-order chi connectivity index (χ0) is 5.98. The summed E-state index contributed by atoms with van der Waals surface area (Å²) in [5, 5.41) is 8.19.